The molecule has 4 rings (SSSR count). The summed E-state index contributed by atoms with van der Waals surface area (Å²) in [6.45, 7) is 0. The zero-order valence-electron chi connectivity index (χ0n) is 13.8. The van der Waals surface area contributed by atoms with E-state index < -0.39 is 0 Å². The molecule has 1 aromatic heterocycles. The molecule has 2 aliphatic rings. The van der Waals surface area contributed by atoms with Crippen LogP contribution >= 0.6 is 0 Å². The molecule has 3 N–H and O–H groups in total. The van der Waals surface area contributed by atoms with E-state index in [1.54, 1.807) is 4.68 Å². The lowest BCUT2D eigenvalue weighted by molar-refractivity contribution is -0.122. The third-order valence-corrected chi connectivity index (χ3v) is 5.64. The zero-order chi connectivity index (χ0) is 16.5. The van der Waals surface area contributed by atoms with Gasteiger partial charge in [-0.1, -0.05) is 24.6 Å². The maximum atomic E-state index is 12.6. The number of hydrogen-bond acceptors (Lipinski definition) is 3. The number of carbonyl (C=O) groups is 1. The van der Waals surface area contributed by atoms with Gasteiger partial charge in [0.15, 0.2) is 5.82 Å². The Bertz CT molecular complexity index is 697. The summed E-state index contributed by atoms with van der Waals surface area (Å²) in [7, 11) is 0. The average Bonchev–Trinajstić information content (AvgIpc) is 3.04. The first-order chi connectivity index (χ1) is 11.7. The summed E-state index contributed by atoms with van der Waals surface area (Å²) in [6.07, 6.45) is 7.31. The molecule has 0 saturated heterocycles. The minimum atomic E-state index is 0.0713. The quantitative estimate of drug-likeness (QED) is 0.911. The third-order valence-electron chi connectivity index (χ3n) is 5.64. The van der Waals surface area contributed by atoms with Crippen LogP contribution in [0.25, 0.3) is 5.69 Å². The van der Waals surface area contributed by atoms with Crippen molar-refractivity contribution in [1.82, 2.24) is 9.78 Å². The van der Waals surface area contributed by atoms with Crippen molar-refractivity contribution in [2.45, 2.75) is 38.1 Å². The minimum absolute atomic E-state index is 0.0713. The summed E-state index contributed by atoms with van der Waals surface area (Å²) < 4.78 is 1.78. The van der Waals surface area contributed by atoms with Crippen molar-refractivity contribution in [3.8, 4) is 5.69 Å². The standard InChI is InChI=1S/C19H24N4O/c20-18-13-5-4-6-14(18)12-15(11-13)19(24)21-17-9-10-23(22-17)16-7-2-1-3-8-16/h1-3,7-10,13-15,18H,4-6,11-12,20H2,(H,21,22,24). The van der Waals surface area contributed by atoms with Crippen molar-refractivity contribution in [3.63, 3.8) is 0 Å². The molecule has 2 bridgehead atoms. The number of nitrogens with one attached hydrogen (secondary N) is 1. The molecule has 1 amide bonds. The van der Waals surface area contributed by atoms with Crippen molar-refractivity contribution in [1.29, 1.82) is 0 Å². The molecule has 5 nitrogen and oxygen atoms in total. The smallest absolute Gasteiger partial charge is 0.228 e. The summed E-state index contributed by atoms with van der Waals surface area (Å²) in [4.78, 5) is 12.6. The van der Waals surface area contributed by atoms with Crippen LogP contribution in [0.15, 0.2) is 42.6 Å². The SMILES string of the molecule is NC1C2CCCC1CC(C(=O)Nc1ccn(-c3ccccc3)n1)C2. The molecule has 0 spiro atoms. The van der Waals surface area contributed by atoms with E-state index in [9.17, 15) is 4.79 Å². The summed E-state index contributed by atoms with van der Waals surface area (Å²) in [6, 6.07) is 12.0. The maximum Gasteiger partial charge on any atom is 0.228 e. The Balaban J connectivity index is 1.42. The van der Waals surface area contributed by atoms with Crippen LogP contribution in [-0.4, -0.2) is 21.7 Å². The van der Waals surface area contributed by atoms with Gasteiger partial charge in [-0.15, -0.1) is 0 Å². The fourth-order valence-corrected chi connectivity index (χ4v) is 4.35. The van der Waals surface area contributed by atoms with Crippen LogP contribution in [0.3, 0.4) is 0 Å². The molecule has 0 radical (unpaired) electrons. The van der Waals surface area contributed by atoms with Gasteiger partial charge in [-0.25, -0.2) is 4.68 Å². The van der Waals surface area contributed by atoms with Crippen LogP contribution in [0, 0.1) is 17.8 Å². The average molecular weight is 324 g/mol. The number of anilines is 1. The minimum Gasteiger partial charge on any atom is -0.327 e. The highest BCUT2D eigenvalue weighted by Gasteiger charge is 2.40. The number of amides is 1. The highest BCUT2D eigenvalue weighted by Crippen LogP contribution is 2.42. The number of fused-ring (bicyclic) bond motifs is 2. The van der Waals surface area contributed by atoms with Gasteiger partial charge in [0.2, 0.25) is 5.91 Å². The fraction of sp³-hybridized carbons (Fsp3) is 0.474. The number of benzene rings is 1. The summed E-state index contributed by atoms with van der Waals surface area (Å²) in [5, 5.41) is 7.46. The first kappa shape index (κ1) is 15.4. The first-order valence-corrected chi connectivity index (χ1v) is 8.88. The molecule has 2 unspecified atom stereocenters. The van der Waals surface area contributed by atoms with Crippen molar-refractivity contribution in [2.24, 2.45) is 23.5 Å². The molecule has 2 fully saturated rings. The lowest BCUT2D eigenvalue weighted by Gasteiger charge is -2.43. The van der Waals surface area contributed by atoms with Crippen LogP contribution in [0.1, 0.15) is 32.1 Å². The molecule has 2 atom stereocenters. The number of hydrogen-bond donors (Lipinski definition) is 2. The van der Waals surface area contributed by atoms with Gasteiger partial charge < -0.3 is 11.1 Å². The van der Waals surface area contributed by atoms with Gasteiger partial charge in [0, 0.05) is 24.2 Å². The van der Waals surface area contributed by atoms with Crippen molar-refractivity contribution >= 4 is 11.7 Å². The van der Waals surface area contributed by atoms with Gasteiger partial charge in [0.05, 0.1) is 5.69 Å². The van der Waals surface area contributed by atoms with E-state index in [2.05, 4.69) is 10.4 Å². The van der Waals surface area contributed by atoms with Gasteiger partial charge in [0.1, 0.15) is 0 Å². The number of para-hydroxylation sites is 1. The van der Waals surface area contributed by atoms with E-state index in [0.29, 0.717) is 23.7 Å². The van der Waals surface area contributed by atoms with Crippen LogP contribution < -0.4 is 11.1 Å². The first-order valence-electron chi connectivity index (χ1n) is 8.88. The second-order valence-corrected chi connectivity index (χ2v) is 7.17. The van der Waals surface area contributed by atoms with E-state index in [1.807, 2.05) is 42.6 Å². The van der Waals surface area contributed by atoms with E-state index >= 15 is 0 Å². The van der Waals surface area contributed by atoms with Crippen LogP contribution in [0.4, 0.5) is 5.82 Å². The Morgan fingerprint density at radius 2 is 1.83 bits per heavy atom. The molecular weight excluding hydrogens is 300 g/mol. The fourth-order valence-electron chi connectivity index (χ4n) is 4.35. The number of nitrogens with two attached hydrogens (primary N) is 1. The molecule has 2 aliphatic carbocycles. The molecule has 2 saturated carbocycles. The number of rotatable bonds is 3. The Morgan fingerprint density at radius 1 is 1.12 bits per heavy atom. The number of aromatic nitrogens is 2. The van der Waals surface area contributed by atoms with Gasteiger partial charge in [0.25, 0.3) is 0 Å². The van der Waals surface area contributed by atoms with E-state index in [0.717, 1.165) is 18.5 Å². The second-order valence-electron chi connectivity index (χ2n) is 7.17. The van der Waals surface area contributed by atoms with Gasteiger partial charge in [-0.05, 0) is 49.7 Å². The normalized spacial score (nSPS) is 29.2. The lowest BCUT2D eigenvalue weighted by Crippen LogP contribution is -2.48. The summed E-state index contributed by atoms with van der Waals surface area (Å²) >= 11 is 0. The maximum absolute atomic E-state index is 12.6. The zero-order valence-corrected chi connectivity index (χ0v) is 13.8. The van der Waals surface area contributed by atoms with Crippen molar-refractivity contribution in [3.05, 3.63) is 42.6 Å². The molecule has 126 valence electrons. The summed E-state index contributed by atoms with van der Waals surface area (Å²) in [5.41, 5.74) is 7.30. The molecule has 2 aromatic rings. The lowest BCUT2D eigenvalue weighted by atomic mass is 9.65. The van der Waals surface area contributed by atoms with E-state index in [4.69, 9.17) is 5.73 Å². The molecule has 1 heterocycles. The predicted octanol–water partition coefficient (Wildman–Crippen LogP) is 2.96. The van der Waals surface area contributed by atoms with Crippen LogP contribution in [-0.2, 0) is 4.79 Å². The number of nitrogens with zero attached hydrogens (tertiary/aromatic N) is 2. The van der Waals surface area contributed by atoms with Crippen molar-refractivity contribution < 1.29 is 4.79 Å². The predicted molar refractivity (Wildman–Crippen MR) is 93.7 cm³/mol. The van der Waals surface area contributed by atoms with E-state index in [-0.39, 0.29) is 11.8 Å². The molecule has 1 aromatic carbocycles. The summed E-state index contributed by atoms with van der Waals surface area (Å²) in [5.74, 6) is 1.80. The topological polar surface area (TPSA) is 72.9 Å². The Morgan fingerprint density at radius 3 is 2.54 bits per heavy atom. The molecule has 0 aliphatic heterocycles. The highest BCUT2D eigenvalue weighted by atomic mass is 16.2. The monoisotopic (exact) mass is 324 g/mol. The highest BCUT2D eigenvalue weighted by molar-refractivity contribution is 5.91. The Labute approximate surface area is 142 Å². The molecular formula is C19H24N4O. The van der Waals surface area contributed by atoms with Crippen molar-refractivity contribution in [2.75, 3.05) is 5.32 Å². The second kappa shape index (κ2) is 6.40. The molecule has 5 heteroatoms. The van der Waals surface area contributed by atoms with Gasteiger partial charge in [-0.3, -0.25) is 4.79 Å². The Hall–Kier alpha value is -2.14. The Kier molecular flexibility index (Phi) is 4.10. The van der Waals surface area contributed by atoms with Gasteiger partial charge >= 0.3 is 0 Å². The third kappa shape index (κ3) is 2.96. The van der Waals surface area contributed by atoms with Crippen LogP contribution in [0.5, 0.6) is 0 Å². The van der Waals surface area contributed by atoms with Gasteiger partial charge in [-0.2, -0.15) is 5.10 Å². The largest absolute Gasteiger partial charge is 0.327 e. The van der Waals surface area contributed by atoms with E-state index in [1.165, 1.54) is 19.3 Å². The number of carbonyl (C=O) groups excluding carboxylic acids is 1. The van der Waals surface area contributed by atoms with Crippen LogP contribution in [0.2, 0.25) is 0 Å². The molecule has 24 heavy (non-hydrogen) atoms.